The van der Waals surface area contributed by atoms with Gasteiger partial charge in [0, 0.05) is 0 Å². The van der Waals surface area contributed by atoms with Crippen LogP contribution in [0.15, 0.2) is 23.1 Å². The predicted octanol–water partition coefficient (Wildman–Crippen LogP) is 2.54. The molecule has 0 radical (unpaired) electrons. The molecule has 1 aliphatic rings. The molecule has 1 aliphatic carbocycles. The van der Waals surface area contributed by atoms with Crippen LogP contribution in [0.2, 0.25) is 0 Å². The molecule has 1 saturated carbocycles. The molecule has 0 aliphatic heterocycles. The van der Waals surface area contributed by atoms with E-state index >= 15 is 0 Å². The summed E-state index contributed by atoms with van der Waals surface area (Å²) in [6.07, 6.45) is 2.21. The molecular weight excluding hydrogens is 194 g/mol. The maximum atomic E-state index is 6.06. The van der Waals surface area contributed by atoms with Gasteiger partial charge in [-0.2, -0.15) is 0 Å². The Hall–Kier alpha value is -0.670. The van der Waals surface area contributed by atoms with Gasteiger partial charge in [0.2, 0.25) is 0 Å². The first kappa shape index (κ1) is 9.87. The SMILES string of the molecule is COc1ccc(C)cc1SC1(N)CC1. The summed E-state index contributed by atoms with van der Waals surface area (Å²) in [5.41, 5.74) is 7.31. The van der Waals surface area contributed by atoms with Crippen LogP contribution in [-0.2, 0) is 0 Å². The number of benzene rings is 1. The van der Waals surface area contributed by atoms with Crippen LogP contribution >= 0.6 is 11.8 Å². The number of aryl methyl sites for hydroxylation is 1. The Morgan fingerprint density at radius 1 is 1.43 bits per heavy atom. The minimum atomic E-state index is -0.0267. The van der Waals surface area contributed by atoms with Gasteiger partial charge >= 0.3 is 0 Å². The van der Waals surface area contributed by atoms with Crippen molar-refractivity contribution in [3.63, 3.8) is 0 Å². The second kappa shape index (κ2) is 3.48. The largest absolute Gasteiger partial charge is 0.496 e. The van der Waals surface area contributed by atoms with Crippen molar-refractivity contribution in [3.8, 4) is 5.75 Å². The smallest absolute Gasteiger partial charge is 0.132 e. The van der Waals surface area contributed by atoms with E-state index in [2.05, 4.69) is 19.1 Å². The molecule has 1 aromatic carbocycles. The highest BCUT2D eigenvalue weighted by atomic mass is 32.2. The van der Waals surface area contributed by atoms with Gasteiger partial charge in [-0.3, -0.25) is 0 Å². The molecule has 3 heteroatoms. The average molecular weight is 209 g/mol. The van der Waals surface area contributed by atoms with Crippen LogP contribution in [0.25, 0.3) is 0 Å². The molecule has 2 rings (SSSR count). The quantitative estimate of drug-likeness (QED) is 0.777. The highest BCUT2D eigenvalue weighted by Gasteiger charge is 2.40. The first-order chi connectivity index (χ1) is 6.63. The molecular formula is C11H15NOS. The molecule has 76 valence electrons. The van der Waals surface area contributed by atoms with Crippen molar-refractivity contribution in [3.05, 3.63) is 23.8 Å². The van der Waals surface area contributed by atoms with Gasteiger partial charge in [-0.1, -0.05) is 6.07 Å². The fraction of sp³-hybridized carbons (Fsp3) is 0.455. The zero-order valence-electron chi connectivity index (χ0n) is 8.54. The summed E-state index contributed by atoms with van der Waals surface area (Å²) in [6.45, 7) is 2.08. The van der Waals surface area contributed by atoms with Gasteiger partial charge in [-0.25, -0.2) is 0 Å². The third-order valence-electron chi connectivity index (χ3n) is 2.38. The number of thioether (sulfide) groups is 1. The fourth-order valence-electron chi connectivity index (χ4n) is 1.31. The molecule has 0 amide bonds. The highest BCUT2D eigenvalue weighted by molar-refractivity contribution is 8.01. The fourth-order valence-corrected chi connectivity index (χ4v) is 2.55. The second-order valence-corrected chi connectivity index (χ2v) is 5.28. The molecule has 2 nitrogen and oxygen atoms in total. The lowest BCUT2D eigenvalue weighted by Crippen LogP contribution is -2.15. The third-order valence-corrected chi connectivity index (χ3v) is 3.73. The molecule has 2 N–H and O–H groups in total. The van der Waals surface area contributed by atoms with Gasteiger partial charge in [0.05, 0.1) is 16.9 Å². The van der Waals surface area contributed by atoms with Crippen molar-refractivity contribution >= 4 is 11.8 Å². The Bertz CT molecular complexity index is 347. The third kappa shape index (κ3) is 2.04. The topological polar surface area (TPSA) is 35.2 Å². The first-order valence-electron chi connectivity index (χ1n) is 4.75. The lowest BCUT2D eigenvalue weighted by Gasteiger charge is -2.12. The predicted molar refractivity (Wildman–Crippen MR) is 59.7 cm³/mol. The minimum absolute atomic E-state index is 0.0267. The summed E-state index contributed by atoms with van der Waals surface area (Å²) in [5.74, 6) is 0.928. The number of rotatable bonds is 3. The monoisotopic (exact) mass is 209 g/mol. The Balaban J connectivity index is 2.25. The van der Waals surface area contributed by atoms with E-state index in [0.29, 0.717) is 0 Å². The van der Waals surface area contributed by atoms with Crippen molar-refractivity contribution in [2.24, 2.45) is 5.73 Å². The summed E-state index contributed by atoms with van der Waals surface area (Å²) >= 11 is 1.73. The molecule has 14 heavy (non-hydrogen) atoms. The second-order valence-electron chi connectivity index (χ2n) is 3.82. The number of hydrogen-bond donors (Lipinski definition) is 1. The zero-order chi connectivity index (χ0) is 10.2. The van der Waals surface area contributed by atoms with E-state index in [-0.39, 0.29) is 4.87 Å². The number of nitrogens with two attached hydrogens (primary N) is 1. The molecule has 0 heterocycles. The standard InChI is InChI=1S/C11H15NOS/c1-8-3-4-9(13-2)10(7-8)14-11(12)5-6-11/h3-4,7H,5-6,12H2,1-2H3. The molecule has 1 fully saturated rings. The zero-order valence-corrected chi connectivity index (χ0v) is 9.36. The van der Waals surface area contributed by atoms with Crippen molar-refractivity contribution in [2.45, 2.75) is 29.5 Å². The van der Waals surface area contributed by atoms with Crippen molar-refractivity contribution < 1.29 is 4.74 Å². The van der Waals surface area contributed by atoms with E-state index in [0.717, 1.165) is 23.5 Å². The van der Waals surface area contributed by atoms with E-state index in [1.54, 1.807) is 18.9 Å². The van der Waals surface area contributed by atoms with Crippen molar-refractivity contribution in [1.29, 1.82) is 0 Å². The van der Waals surface area contributed by atoms with Gasteiger partial charge in [0.25, 0.3) is 0 Å². The average Bonchev–Trinajstić information content (AvgIpc) is 2.84. The van der Waals surface area contributed by atoms with E-state index in [4.69, 9.17) is 10.5 Å². The van der Waals surface area contributed by atoms with Crippen LogP contribution in [-0.4, -0.2) is 12.0 Å². The van der Waals surface area contributed by atoms with E-state index in [1.807, 2.05) is 6.07 Å². The van der Waals surface area contributed by atoms with Gasteiger partial charge in [0.1, 0.15) is 5.75 Å². The number of ether oxygens (including phenoxy) is 1. The van der Waals surface area contributed by atoms with E-state index < -0.39 is 0 Å². The van der Waals surface area contributed by atoms with Gasteiger partial charge < -0.3 is 10.5 Å². The molecule has 1 aromatic rings. The summed E-state index contributed by atoms with van der Waals surface area (Å²) in [4.78, 5) is 1.13. The maximum Gasteiger partial charge on any atom is 0.132 e. The summed E-state index contributed by atoms with van der Waals surface area (Å²) < 4.78 is 5.30. The van der Waals surface area contributed by atoms with Crippen LogP contribution in [0.5, 0.6) is 5.75 Å². The summed E-state index contributed by atoms with van der Waals surface area (Å²) in [6, 6.07) is 6.19. The van der Waals surface area contributed by atoms with Crippen LogP contribution < -0.4 is 10.5 Å². The lowest BCUT2D eigenvalue weighted by molar-refractivity contribution is 0.404. The van der Waals surface area contributed by atoms with Gasteiger partial charge in [-0.05, 0) is 37.5 Å². The van der Waals surface area contributed by atoms with Crippen LogP contribution in [0, 0.1) is 6.92 Å². The minimum Gasteiger partial charge on any atom is -0.496 e. The summed E-state index contributed by atoms with van der Waals surface area (Å²) in [5, 5.41) is 0. The molecule has 0 unspecified atom stereocenters. The summed E-state index contributed by atoms with van der Waals surface area (Å²) in [7, 11) is 1.70. The molecule has 0 spiro atoms. The van der Waals surface area contributed by atoms with Crippen LogP contribution in [0.1, 0.15) is 18.4 Å². The number of hydrogen-bond acceptors (Lipinski definition) is 3. The Kier molecular flexibility index (Phi) is 2.45. The molecule has 0 atom stereocenters. The Labute approximate surface area is 88.8 Å². The van der Waals surface area contributed by atoms with Gasteiger partial charge in [-0.15, -0.1) is 11.8 Å². The molecule has 0 bridgehead atoms. The number of methoxy groups -OCH3 is 1. The van der Waals surface area contributed by atoms with Gasteiger partial charge in [0.15, 0.2) is 0 Å². The van der Waals surface area contributed by atoms with E-state index in [1.165, 1.54) is 5.56 Å². The van der Waals surface area contributed by atoms with E-state index in [9.17, 15) is 0 Å². The van der Waals surface area contributed by atoms with Crippen LogP contribution in [0.4, 0.5) is 0 Å². The van der Waals surface area contributed by atoms with Crippen LogP contribution in [0.3, 0.4) is 0 Å². The van der Waals surface area contributed by atoms with Crippen molar-refractivity contribution in [2.75, 3.05) is 7.11 Å². The Morgan fingerprint density at radius 2 is 2.14 bits per heavy atom. The highest BCUT2D eigenvalue weighted by Crippen LogP contribution is 2.49. The molecule has 0 saturated heterocycles. The normalized spacial score (nSPS) is 17.9. The first-order valence-corrected chi connectivity index (χ1v) is 5.57. The molecule has 0 aromatic heterocycles. The van der Waals surface area contributed by atoms with Crippen molar-refractivity contribution in [1.82, 2.24) is 0 Å². The Morgan fingerprint density at radius 3 is 2.71 bits per heavy atom. The lowest BCUT2D eigenvalue weighted by atomic mass is 10.2. The maximum absolute atomic E-state index is 6.06.